The summed E-state index contributed by atoms with van der Waals surface area (Å²) in [6, 6.07) is 0. The molecule has 0 aromatic rings. The first-order valence-corrected chi connectivity index (χ1v) is 9.08. The largest absolute Gasteiger partial charge is 0.227 e. The molecule has 0 fully saturated rings. The van der Waals surface area contributed by atoms with Gasteiger partial charge >= 0.3 is 0 Å². The summed E-state index contributed by atoms with van der Waals surface area (Å²) in [4.78, 5) is 0. The highest BCUT2D eigenvalue weighted by Gasteiger charge is 2.42. The third kappa shape index (κ3) is 3.44. The maximum Gasteiger partial charge on any atom is 0.169 e. The van der Waals surface area contributed by atoms with Gasteiger partial charge in [0.15, 0.2) is 24.8 Å². The first-order chi connectivity index (χ1) is 7.33. The van der Waals surface area contributed by atoms with E-state index >= 15 is 0 Å². The highest BCUT2D eigenvalue weighted by atomic mass is 32.3. The third-order valence-electron chi connectivity index (χ3n) is 3.70. The second-order valence-electron chi connectivity index (χ2n) is 5.57. The topological polar surface area (TPSA) is 68.3 Å². The Kier molecular flexibility index (Phi) is 4.85. The highest BCUT2D eigenvalue weighted by Crippen LogP contribution is 2.28. The molecule has 0 radical (unpaired) electrons. The Morgan fingerprint density at radius 1 is 0.706 bits per heavy atom. The van der Waals surface area contributed by atoms with E-state index in [0.717, 1.165) is 0 Å². The van der Waals surface area contributed by atoms with E-state index in [4.69, 9.17) is 0 Å². The lowest BCUT2D eigenvalue weighted by Crippen LogP contribution is -2.42. The average Bonchev–Trinajstić information content (AvgIpc) is 2.15. The quantitative estimate of drug-likeness (QED) is 0.749. The Morgan fingerprint density at radius 2 is 0.941 bits per heavy atom. The van der Waals surface area contributed by atoms with E-state index < -0.39 is 34.3 Å². The fourth-order valence-electron chi connectivity index (χ4n) is 0.963. The lowest BCUT2D eigenvalue weighted by molar-refractivity contribution is 0.528. The van der Waals surface area contributed by atoms with E-state index in [9.17, 15) is 16.8 Å². The number of hydrogen-bond acceptors (Lipinski definition) is 4. The molecule has 6 heteroatoms. The van der Waals surface area contributed by atoms with Crippen LogP contribution >= 0.6 is 0 Å². The second kappa shape index (κ2) is 4.88. The monoisotopic (exact) mass is 284 g/mol. The van der Waals surface area contributed by atoms with Crippen LogP contribution in [0.1, 0.15) is 54.4 Å². The van der Waals surface area contributed by atoms with Crippen LogP contribution in [0.5, 0.6) is 0 Å². The predicted molar refractivity (Wildman–Crippen MR) is 71.4 cm³/mol. The van der Waals surface area contributed by atoms with Crippen LogP contribution in [0.2, 0.25) is 0 Å². The standard InChI is InChI=1S/C11H24O4S2/c1-7-10(3,4)16(12,13)9-17(14,15)11(5,6)8-2/h7-9H2,1-6H3. The first kappa shape index (κ1) is 16.9. The van der Waals surface area contributed by atoms with Crippen LogP contribution in [0.25, 0.3) is 0 Å². The van der Waals surface area contributed by atoms with Crippen LogP contribution in [0, 0.1) is 0 Å². The van der Waals surface area contributed by atoms with E-state index in [2.05, 4.69) is 0 Å². The molecule has 0 unspecified atom stereocenters. The Bertz CT molecular complexity index is 412. The normalized spacial score (nSPS) is 14.9. The Balaban J connectivity index is 5.40. The van der Waals surface area contributed by atoms with Crippen molar-refractivity contribution in [1.82, 2.24) is 0 Å². The van der Waals surface area contributed by atoms with Crippen molar-refractivity contribution in [2.24, 2.45) is 0 Å². The lowest BCUT2D eigenvalue weighted by atomic mass is 10.1. The average molecular weight is 284 g/mol. The molecule has 0 aromatic carbocycles. The van der Waals surface area contributed by atoms with Gasteiger partial charge in [-0.15, -0.1) is 0 Å². The molecular formula is C11H24O4S2. The van der Waals surface area contributed by atoms with Gasteiger partial charge in [0.25, 0.3) is 0 Å². The van der Waals surface area contributed by atoms with E-state index in [1.165, 1.54) is 0 Å². The van der Waals surface area contributed by atoms with Gasteiger partial charge in [0, 0.05) is 0 Å². The first-order valence-electron chi connectivity index (χ1n) is 5.77. The molecule has 0 aliphatic rings. The molecule has 0 spiro atoms. The fourth-order valence-corrected chi connectivity index (χ4v) is 6.03. The fraction of sp³-hybridized carbons (Fsp3) is 1.00. The SMILES string of the molecule is CCC(C)(C)S(=O)(=O)CS(=O)(=O)C(C)(C)CC. The smallest absolute Gasteiger partial charge is 0.169 e. The molecule has 104 valence electrons. The Labute approximate surface area is 106 Å². The molecule has 0 saturated heterocycles. The van der Waals surface area contributed by atoms with Crippen LogP contribution in [0.15, 0.2) is 0 Å². The van der Waals surface area contributed by atoms with E-state index in [-0.39, 0.29) is 0 Å². The Morgan fingerprint density at radius 3 is 1.12 bits per heavy atom. The minimum atomic E-state index is -3.65. The molecule has 0 atom stereocenters. The van der Waals surface area contributed by atoms with Crippen LogP contribution in [-0.4, -0.2) is 31.4 Å². The van der Waals surface area contributed by atoms with Crippen molar-refractivity contribution in [1.29, 1.82) is 0 Å². The summed E-state index contributed by atoms with van der Waals surface area (Å²) in [5.41, 5.74) is 0. The molecular weight excluding hydrogens is 260 g/mol. The summed E-state index contributed by atoms with van der Waals surface area (Å²) < 4.78 is 46.3. The molecule has 0 saturated carbocycles. The van der Waals surface area contributed by atoms with Gasteiger partial charge in [0.05, 0.1) is 9.49 Å². The van der Waals surface area contributed by atoms with Gasteiger partial charge in [-0.25, -0.2) is 16.8 Å². The van der Waals surface area contributed by atoms with Gasteiger partial charge in [-0.05, 0) is 40.5 Å². The minimum absolute atomic E-state index is 0.400. The molecule has 0 aliphatic carbocycles. The van der Waals surface area contributed by atoms with Gasteiger partial charge in [-0.2, -0.15) is 0 Å². The molecule has 0 aliphatic heterocycles. The zero-order chi connectivity index (χ0) is 14.1. The maximum absolute atomic E-state index is 12.1. The lowest BCUT2D eigenvalue weighted by Gasteiger charge is -2.27. The predicted octanol–water partition coefficient (Wildman–Crippen LogP) is 2.15. The van der Waals surface area contributed by atoms with E-state index in [0.29, 0.717) is 12.8 Å². The van der Waals surface area contributed by atoms with Gasteiger partial charge < -0.3 is 0 Å². The maximum atomic E-state index is 12.1. The van der Waals surface area contributed by atoms with Gasteiger partial charge in [0.2, 0.25) is 0 Å². The molecule has 0 bridgehead atoms. The van der Waals surface area contributed by atoms with Crippen molar-refractivity contribution in [3.8, 4) is 0 Å². The molecule has 0 rings (SSSR count). The van der Waals surface area contributed by atoms with Gasteiger partial charge in [-0.3, -0.25) is 0 Å². The summed E-state index contributed by atoms with van der Waals surface area (Å²) in [7, 11) is -7.30. The zero-order valence-corrected chi connectivity index (χ0v) is 13.2. The van der Waals surface area contributed by atoms with Crippen LogP contribution in [0.4, 0.5) is 0 Å². The van der Waals surface area contributed by atoms with Gasteiger partial charge in [-0.1, -0.05) is 13.8 Å². The van der Waals surface area contributed by atoms with Crippen LogP contribution < -0.4 is 0 Å². The van der Waals surface area contributed by atoms with E-state index in [1.807, 2.05) is 0 Å². The molecule has 17 heavy (non-hydrogen) atoms. The number of hydrogen-bond donors (Lipinski definition) is 0. The molecule has 0 aromatic heterocycles. The van der Waals surface area contributed by atoms with Crippen LogP contribution in [0.3, 0.4) is 0 Å². The molecule has 0 N–H and O–H groups in total. The van der Waals surface area contributed by atoms with E-state index in [1.54, 1.807) is 41.5 Å². The van der Waals surface area contributed by atoms with Gasteiger partial charge in [0.1, 0.15) is 0 Å². The van der Waals surface area contributed by atoms with Crippen molar-refractivity contribution in [2.45, 2.75) is 63.9 Å². The number of sulfone groups is 2. The minimum Gasteiger partial charge on any atom is -0.227 e. The zero-order valence-electron chi connectivity index (χ0n) is 11.6. The summed E-state index contributed by atoms with van der Waals surface area (Å²) in [5, 5.41) is -0.762. The van der Waals surface area contributed by atoms with Crippen molar-refractivity contribution < 1.29 is 16.8 Å². The second-order valence-corrected chi connectivity index (χ2v) is 11.2. The van der Waals surface area contributed by atoms with Crippen molar-refractivity contribution in [3.63, 3.8) is 0 Å². The van der Waals surface area contributed by atoms with Crippen molar-refractivity contribution in [3.05, 3.63) is 0 Å². The summed E-state index contributed by atoms with van der Waals surface area (Å²) in [5.74, 6) is 0. The molecule has 0 amide bonds. The summed E-state index contributed by atoms with van der Waals surface area (Å²) >= 11 is 0. The summed E-state index contributed by atoms with van der Waals surface area (Å²) in [6.45, 7) is 9.76. The van der Waals surface area contributed by atoms with Crippen LogP contribution in [-0.2, 0) is 19.7 Å². The number of rotatable bonds is 6. The Hall–Kier alpha value is -0.100. The van der Waals surface area contributed by atoms with Crippen molar-refractivity contribution in [2.75, 3.05) is 5.08 Å². The molecule has 0 heterocycles. The molecule has 4 nitrogen and oxygen atoms in total. The summed E-state index contributed by atoms with van der Waals surface area (Å²) in [6.07, 6.45) is 0.800. The van der Waals surface area contributed by atoms with Crippen molar-refractivity contribution >= 4 is 19.7 Å². The highest BCUT2D eigenvalue weighted by molar-refractivity contribution is 8.09. The third-order valence-corrected chi connectivity index (χ3v) is 10.1.